The van der Waals surface area contributed by atoms with Crippen LogP contribution in [-0.2, 0) is 16.1 Å². The van der Waals surface area contributed by atoms with Crippen molar-refractivity contribution in [2.45, 2.75) is 13.5 Å². The summed E-state index contributed by atoms with van der Waals surface area (Å²) in [5.74, 6) is 0.0994. The van der Waals surface area contributed by atoms with Crippen molar-refractivity contribution in [1.82, 2.24) is 0 Å². The van der Waals surface area contributed by atoms with Gasteiger partial charge in [-0.05, 0) is 36.8 Å². The Hall–Kier alpha value is -2.80. The Labute approximate surface area is 123 Å². The van der Waals surface area contributed by atoms with Gasteiger partial charge in [0.05, 0.1) is 11.6 Å². The predicted octanol–water partition coefficient (Wildman–Crippen LogP) is 2.99. The standard InChI is InChI=1S/C17H15NO3/c1-13-3-2-4-15(9-13)11-21-17(19)12-20-16-7-5-14(10-18)6-8-16/h2-9H,11-12H2,1H3. The molecule has 0 N–H and O–H groups in total. The third-order valence-electron chi connectivity index (χ3n) is 2.82. The summed E-state index contributed by atoms with van der Waals surface area (Å²) in [7, 11) is 0. The Morgan fingerprint density at radius 3 is 2.62 bits per heavy atom. The maximum Gasteiger partial charge on any atom is 0.344 e. The van der Waals surface area contributed by atoms with Gasteiger partial charge in [-0.25, -0.2) is 4.79 Å². The van der Waals surface area contributed by atoms with Crippen molar-refractivity contribution < 1.29 is 14.3 Å². The first-order chi connectivity index (χ1) is 10.2. The largest absolute Gasteiger partial charge is 0.482 e. The van der Waals surface area contributed by atoms with E-state index in [0.717, 1.165) is 11.1 Å². The molecule has 0 saturated carbocycles. The van der Waals surface area contributed by atoms with E-state index in [1.54, 1.807) is 24.3 Å². The second-order valence-corrected chi connectivity index (χ2v) is 4.57. The first kappa shape index (κ1) is 14.6. The van der Waals surface area contributed by atoms with Crippen LogP contribution >= 0.6 is 0 Å². The minimum Gasteiger partial charge on any atom is -0.482 e. The third kappa shape index (κ3) is 4.66. The van der Waals surface area contributed by atoms with Crippen LogP contribution in [0.25, 0.3) is 0 Å². The molecule has 106 valence electrons. The van der Waals surface area contributed by atoms with Crippen molar-refractivity contribution in [1.29, 1.82) is 5.26 Å². The maximum atomic E-state index is 11.6. The number of nitriles is 1. The van der Waals surface area contributed by atoms with Crippen molar-refractivity contribution in [3.8, 4) is 11.8 Å². The van der Waals surface area contributed by atoms with Crippen molar-refractivity contribution in [2.24, 2.45) is 0 Å². The zero-order chi connectivity index (χ0) is 15.1. The first-order valence-corrected chi connectivity index (χ1v) is 6.51. The van der Waals surface area contributed by atoms with Gasteiger partial charge in [-0.15, -0.1) is 0 Å². The van der Waals surface area contributed by atoms with E-state index < -0.39 is 5.97 Å². The van der Waals surface area contributed by atoms with Crippen LogP contribution in [0.4, 0.5) is 0 Å². The zero-order valence-electron chi connectivity index (χ0n) is 11.7. The lowest BCUT2D eigenvalue weighted by molar-refractivity contribution is -0.147. The molecule has 21 heavy (non-hydrogen) atoms. The number of esters is 1. The Morgan fingerprint density at radius 2 is 1.95 bits per heavy atom. The average Bonchev–Trinajstić information content (AvgIpc) is 2.51. The Bertz CT molecular complexity index is 656. The summed E-state index contributed by atoms with van der Waals surface area (Å²) in [5.41, 5.74) is 2.61. The highest BCUT2D eigenvalue weighted by Crippen LogP contribution is 2.11. The van der Waals surface area contributed by atoms with Gasteiger partial charge in [0.25, 0.3) is 0 Å². The molecule has 0 aromatic heterocycles. The highest BCUT2D eigenvalue weighted by molar-refractivity contribution is 5.71. The van der Waals surface area contributed by atoms with Crippen LogP contribution in [0.15, 0.2) is 48.5 Å². The number of aryl methyl sites for hydroxylation is 1. The topological polar surface area (TPSA) is 59.3 Å². The number of hydrogen-bond donors (Lipinski definition) is 0. The van der Waals surface area contributed by atoms with Gasteiger partial charge in [0.15, 0.2) is 6.61 Å². The summed E-state index contributed by atoms with van der Waals surface area (Å²) in [4.78, 5) is 11.6. The van der Waals surface area contributed by atoms with Crippen LogP contribution in [0.2, 0.25) is 0 Å². The molecule has 0 bridgehead atoms. The fourth-order valence-corrected chi connectivity index (χ4v) is 1.78. The molecular weight excluding hydrogens is 266 g/mol. The molecule has 0 spiro atoms. The van der Waals surface area contributed by atoms with E-state index in [1.165, 1.54) is 0 Å². The van der Waals surface area contributed by atoms with E-state index >= 15 is 0 Å². The van der Waals surface area contributed by atoms with Gasteiger partial charge in [0.2, 0.25) is 0 Å². The van der Waals surface area contributed by atoms with Crippen LogP contribution in [0.5, 0.6) is 5.75 Å². The van der Waals surface area contributed by atoms with E-state index in [4.69, 9.17) is 14.7 Å². The number of ether oxygens (including phenoxy) is 2. The molecule has 0 aliphatic heterocycles. The van der Waals surface area contributed by atoms with E-state index in [9.17, 15) is 4.79 Å². The van der Waals surface area contributed by atoms with E-state index in [1.807, 2.05) is 37.3 Å². The lowest BCUT2D eigenvalue weighted by atomic mass is 10.1. The zero-order valence-corrected chi connectivity index (χ0v) is 11.7. The van der Waals surface area contributed by atoms with Crippen LogP contribution in [-0.4, -0.2) is 12.6 Å². The fourth-order valence-electron chi connectivity index (χ4n) is 1.78. The minimum absolute atomic E-state index is 0.155. The molecular formula is C17H15NO3. The third-order valence-corrected chi connectivity index (χ3v) is 2.82. The molecule has 0 aliphatic carbocycles. The first-order valence-electron chi connectivity index (χ1n) is 6.51. The number of benzene rings is 2. The summed E-state index contributed by atoms with van der Waals surface area (Å²) in [6.45, 7) is 2.06. The SMILES string of the molecule is Cc1cccc(COC(=O)COc2ccc(C#N)cc2)c1. The van der Waals surface area contributed by atoms with Crippen molar-refractivity contribution in [3.63, 3.8) is 0 Å². The normalized spacial score (nSPS) is 9.71. The van der Waals surface area contributed by atoms with Gasteiger partial charge in [0, 0.05) is 0 Å². The quantitative estimate of drug-likeness (QED) is 0.790. The highest BCUT2D eigenvalue weighted by Gasteiger charge is 2.05. The van der Waals surface area contributed by atoms with Gasteiger partial charge < -0.3 is 9.47 Å². The summed E-state index contributed by atoms with van der Waals surface area (Å²) >= 11 is 0. The van der Waals surface area contributed by atoms with Gasteiger partial charge in [-0.2, -0.15) is 5.26 Å². The molecule has 0 heterocycles. The van der Waals surface area contributed by atoms with Gasteiger partial charge in [0.1, 0.15) is 12.4 Å². The van der Waals surface area contributed by atoms with E-state index in [0.29, 0.717) is 11.3 Å². The number of rotatable bonds is 5. The molecule has 0 saturated heterocycles. The number of carbonyl (C=O) groups is 1. The van der Waals surface area contributed by atoms with Crippen molar-refractivity contribution in [2.75, 3.05) is 6.61 Å². The Morgan fingerprint density at radius 1 is 1.19 bits per heavy atom. The number of carbonyl (C=O) groups excluding carboxylic acids is 1. The predicted molar refractivity (Wildman–Crippen MR) is 77.6 cm³/mol. The molecule has 0 radical (unpaired) electrons. The molecule has 2 rings (SSSR count). The molecule has 0 amide bonds. The molecule has 4 nitrogen and oxygen atoms in total. The fraction of sp³-hybridized carbons (Fsp3) is 0.176. The maximum absolute atomic E-state index is 11.6. The monoisotopic (exact) mass is 281 g/mol. The molecule has 4 heteroatoms. The van der Waals surface area contributed by atoms with Crippen LogP contribution in [0.3, 0.4) is 0 Å². The summed E-state index contributed by atoms with van der Waals surface area (Å²) in [5, 5.41) is 8.68. The summed E-state index contributed by atoms with van der Waals surface area (Å²) < 4.78 is 10.4. The summed E-state index contributed by atoms with van der Waals surface area (Å²) in [6, 6.07) is 16.3. The average molecular weight is 281 g/mol. The second-order valence-electron chi connectivity index (χ2n) is 4.57. The smallest absolute Gasteiger partial charge is 0.344 e. The Kier molecular flexibility index (Phi) is 4.94. The number of hydrogen-bond acceptors (Lipinski definition) is 4. The van der Waals surface area contributed by atoms with Crippen molar-refractivity contribution in [3.05, 3.63) is 65.2 Å². The highest BCUT2D eigenvalue weighted by atomic mass is 16.6. The molecule has 0 unspecified atom stereocenters. The molecule has 0 atom stereocenters. The minimum atomic E-state index is -0.430. The Balaban J connectivity index is 1.78. The molecule has 2 aromatic carbocycles. The lowest BCUT2D eigenvalue weighted by Crippen LogP contribution is -2.14. The van der Waals surface area contributed by atoms with Gasteiger partial charge in [-0.3, -0.25) is 0 Å². The van der Waals surface area contributed by atoms with Crippen LogP contribution in [0, 0.1) is 18.3 Å². The lowest BCUT2D eigenvalue weighted by Gasteiger charge is -2.07. The molecule has 0 fully saturated rings. The molecule has 0 aliphatic rings. The summed E-state index contributed by atoms with van der Waals surface area (Å²) in [6.07, 6.45) is 0. The van der Waals surface area contributed by atoms with Gasteiger partial charge in [-0.1, -0.05) is 29.8 Å². The van der Waals surface area contributed by atoms with Crippen molar-refractivity contribution >= 4 is 5.97 Å². The second kappa shape index (κ2) is 7.11. The van der Waals surface area contributed by atoms with Crippen LogP contribution < -0.4 is 4.74 Å². The molecule has 2 aromatic rings. The van der Waals surface area contributed by atoms with E-state index in [2.05, 4.69) is 0 Å². The number of nitrogens with zero attached hydrogens (tertiary/aromatic N) is 1. The van der Waals surface area contributed by atoms with Crippen LogP contribution in [0.1, 0.15) is 16.7 Å². The van der Waals surface area contributed by atoms with E-state index in [-0.39, 0.29) is 13.2 Å². The van der Waals surface area contributed by atoms with Gasteiger partial charge >= 0.3 is 5.97 Å².